The number of hydrogen-bond donors (Lipinski definition) is 2. The zero-order valence-corrected chi connectivity index (χ0v) is 8.81. The fourth-order valence-electron chi connectivity index (χ4n) is 1.58. The van der Waals surface area contributed by atoms with E-state index in [-0.39, 0.29) is 0 Å². The van der Waals surface area contributed by atoms with Gasteiger partial charge in [0.1, 0.15) is 0 Å². The lowest BCUT2D eigenvalue weighted by Crippen LogP contribution is -2.47. The highest BCUT2D eigenvalue weighted by atomic mass is 28.3. The third-order valence-electron chi connectivity index (χ3n) is 2.27. The van der Waals surface area contributed by atoms with Crippen LogP contribution in [0.15, 0.2) is 0 Å². The molecule has 0 spiro atoms. The van der Waals surface area contributed by atoms with Crippen molar-refractivity contribution in [3.63, 3.8) is 0 Å². The second-order valence-corrected chi connectivity index (χ2v) is 5.56. The zero-order valence-electron chi connectivity index (χ0n) is 7.81. The molecule has 12 heavy (non-hydrogen) atoms. The molecule has 1 fully saturated rings. The monoisotopic (exact) mass is 187 g/mol. The van der Waals surface area contributed by atoms with Crippen LogP contribution in [0.4, 0.5) is 0 Å². The van der Waals surface area contributed by atoms with Gasteiger partial charge < -0.3 is 15.5 Å². The average Bonchev–Trinajstić information content (AvgIpc) is 2.15. The fraction of sp³-hybridized carbons (Fsp3) is 1.00. The lowest BCUT2D eigenvalue weighted by atomic mass is 10.4. The molecule has 0 aromatic rings. The third-order valence-corrected chi connectivity index (χ3v) is 5.08. The maximum atomic E-state index is 5.77. The highest BCUT2D eigenvalue weighted by Gasteiger charge is 2.25. The van der Waals surface area contributed by atoms with Crippen molar-refractivity contribution in [1.82, 2.24) is 5.32 Å². The highest BCUT2D eigenvalue weighted by Crippen LogP contribution is 2.14. The Morgan fingerprint density at radius 2 is 2.42 bits per heavy atom. The number of rotatable bonds is 4. The van der Waals surface area contributed by atoms with Crippen molar-refractivity contribution in [2.24, 2.45) is 5.73 Å². The molecule has 1 aliphatic rings. The summed E-state index contributed by atoms with van der Waals surface area (Å²) in [6.07, 6.45) is 3.73. The SMILES string of the molecule is CCC(NCN)[Si]1CCCCO1. The molecule has 1 radical (unpaired) electrons. The Labute approximate surface area is 76.4 Å². The number of hydrogen-bond acceptors (Lipinski definition) is 3. The van der Waals surface area contributed by atoms with Crippen LogP contribution in [0.25, 0.3) is 0 Å². The molecule has 4 heteroatoms. The van der Waals surface area contributed by atoms with Gasteiger partial charge in [0.25, 0.3) is 0 Å². The van der Waals surface area contributed by atoms with Gasteiger partial charge in [0, 0.05) is 18.9 Å². The minimum atomic E-state index is -0.591. The maximum absolute atomic E-state index is 5.77. The Balaban J connectivity index is 2.29. The normalized spacial score (nSPS) is 22.5. The Hall–Kier alpha value is 0.0969. The molecule has 0 aliphatic carbocycles. The lowest BCUT2D eigenvalue weighted by Gasteiger charge is -2.27. The van der Waals surface area contributed by atoms with Crippen LogP contribution in [0, 0.1) is 0 Å². The molecular formula is C8H19N2OSi. The quantitative estimate of drug-likeness (QED) is 0.501. The van der Waals surface area contributed by atoms with Crippen molar-refractivity contribution in [2.75, 3.05) is 13.3 Å². The first-order valence-electron chi connectivity index (χ1n) is 4.80. The van der Waals surface area contributed by atoms with Gasteiger partial charge in [0.15, 0.2) is 0 Å². The molecule has 1 rings (SSSR count). The smallest absolute Gasteiger partial charge is 0.229 e. The van der Waals surface area contributed by atoms with E-state index in [9.17, 15) is 0 Å². The number of nitrogens with one attached hydrogen (secondary N) is 1. The van der Waals surface area contributed by atoms with Crippen LogP contribution in [0.1, 0.15) is 26.2 Å². The molecule has 0 aromatic heterocycles. The Kier molecular flexibility index (Phi) is 4.83. The van der Waals surface area contributed by atoms with Crippen molar-refractivity contribution >= 4 is 9.04 Å². The summed E-state index contributed by atoms with van der Waals surface area (Å²) in [7, 11) is -0.591. The fourth-order valence-corrected chi connectivity index (χ4v) is 4.08. The van der Waals surface area contributed by atoms with Crippen LogP contribution >= 0.6 is 0 Å². The molecule has 3 N–H and O–H groups in total. The van der Waals surface area contributed by atoms with Gasteiger partial charge in [-0.15, -0.1) is 0 Å². The van der Waals surface area contributed by atoms with Gasteiger partial charge in [0.2, 0.25) is 9.04 Å². The predicted octanol–water partition coefficient (Wildman–Crippen LogP) is 0.612. The summed E-state index contributed by atoms with van der Waals surface area (Å²) in [5, 5.41) is 3.30. The third kappa shape index (κ3) is 2.86. The molecule has 1 aliphatic heterocycles. The zero-order chi connectivity index (χ0) is 8.81. The molecule has 1 unspecified atom stereocenters. The van der Waals surface area contributed by atoms with Gasteiger partial charge in [-0.2, -0.15) is 0 Å². The van der Waals surface area contributed by atoms with Crippen LogP contribution in [0.2, 0.25) is 6.04 Å². The first-order chi connectivity index (χ1) is 5.88. The van der Waals surface area contributed by atoms with Crippen LogP contribution in [0.3, 0.4) is 0 Å². The van der Waals surface area contributed by atoms with Gasteiger partial charge in [-0.1, -0.05) is 13.3 Å². The second kappa shape index (κ2) is 5.69. The minimum Gasteiger partial charge on any atom is -0.415 e. The van der Waals surface area contributed by atoms with Gasteiger partial charge in [-0.25, -0.2) is 0 Å². The molecular weight excluding hydrogens is 168 g/mol. The number of nitrogens with two attached hydrogens (primary N) is 1. The van der Waals surface area contributed by atoms with Crippen LogP contribution in [-0.4, -0.2) is 28.0 Å². The van der Waals surface area contributed by atoms with Gasteiger partial charge >= 0.3 is 0 Å². The summed E-state index contributed by atoms with van der Waals surface area (Å²) in [5.74, 6) is 0. The van der Waals surface area contributed by atoms with Crippen molar-refractivity contribution < 1.29 is 4.43 Å². The molecule has 3 nitrogen and oxygen atoms in total. The van der Waals surface area contributed by atoms with Gasteiger partial charge in [-0.3, -0.25) is 0 Å². The lowest BCUT2D eigenvalue weighted by molar-refractivity contribution is 0.274. The summed E-state index contributed by atoms with van der Waals surface area (Å²) in [6.45, 7) is 3.75. The van der Waals surface area contributed by atoms with Crippen molar-refractivity contribution in [2.45, 2.75) is 37.9 Å². The van der Waals surface area contributed by atoms with E-state index in [4.69, 9.17) is 10.2 Å². The molecule has 0 saturated carbocycles. The van der Waals surface area contributed by atoms with Crippen LogP contribution in [-0.2, 0) is 4.43 Å². The first-order valence-corrected chi connectivity index (χ1v) is 6.49. The van der Waals surface area contributed by atoms with Gasteiger partial charge in [-0.05, 0) is 18.9 Å². The molecule has 71 valence electrons. The van der Waals surface area contributed by atoms with E-state index in [1.807, 2.05) is 0 Å². The molecule has 0 amide bonds. The molecule has 1 saturated heterocycles. The average molecular weight is 187 g/mol. The minimum absolute atomic E-state index is 0.556. The topological polar surface area (TPSA) is 47.3 Å². The van der Waals surface area contributed by atoms with Crippen molar-refractivity contribution in [3.05, 3.63) is 0 Å². The second-order valence-electron chi connectivity index (χ2n) is 3.14. The van der Waals surface area contributed by atoms with E-state index < -0.39 is 9.04 Å². The highest BCUT2D eigenvalue weighted by molar-refractivity contribution is 6.53. The summed E-state index contributed by atoms with van der Waals surface area (Å²) < 4.78 is 5.77. The molecule has 0 bridgehead atoms. The van der Waals surface area contributed by atoms with E-state index >= 15 is 0 Å². The Morgan fingerprint density at radius 1 is 1.58 bits per heavy atom. The Bertz CT molecular complexity index is 115. The van der Waals surface area contributed by atoms with Gasteiger partial charge in [0.05, 0.1) is 0 Å². The first kappa shape index (κ1) is 10.2. The standard InChI is InChI=1S/C8H19N2OSi/c1-2-8(10-7-9)12-6-4-3-5-11-12/h8,10H,2-7,9H2,1H3. The van der Waals surface area contributed by atoms with E-state index in [1.54, 1.807) is 0 Å². The summed E-state index contributed by atoms with van der Waals surface area (Å²) in [6, 6.07) is 1.29. The van der Waals surface area contributed by atoms with Crippen molar-refractivity contribution in [1.29, 1.82) is 0 Å². The summed E-state index contributed by atoms with van der Waals surface area (Å²) >= 11 is 0. The molecule has 0 aromatic carbocycles. The molecule has 1 heterocycles. The molecule has 1 atom stereocenters. The maximum Gasteiger partial charge on any atom is 0.229 e. The van der Waals surface area contributed by atoms with Crippen LogP contribution < -0.4 is 11.1 Å². The van der Waals surface area contributed by atoms with E-state index in [0.29, 0.717) is 12.3 Å². The predicted molar refractivity (Wildman–Crippen MR) is 52.0 cm³/mol. The Morgan fingerprint density at radius 3 is 2.92 bits per heavy atom. The van der Waals surface area contributed by atoms with E-state index in [0.717, 1.165) is 13.0 Å². The summed E-state index contributed by atoms with van der Waals surface area (Å²) in [5.41, 5.74) is 6.02. The van der Waals surface area contributed by atoms with Crippen LogP contribution in [0.5, 0.6) is 0 Å². The van der Waals surface area contributed by atoms with E-state index in [2.05, 4.69) is 12.2 Å². The van der Waals surface area contributed by atoms with Crippen molar-refractivity contribution in [3.8, 4) is 0 Å². The van der Waals surface area contributed by atoms with E-state index in [1.165, 1.54) is 18.9 Å². The summed E-state index contributed by atoms with van der Waals surface area (Å²) in [4.78, 5) is 0. The largest absolute Gasteiger partial charge is 0.415 e.